The van der Waals surface area contributed by atoms with Crippen molar-refractivity contribution in [3.63, 3.8) is 0 Å². The van der Waals surface area contributed by atoms with Crippen LogP contribution in [0.2, 0.25) is 0 Å². The highest BCUT2D eigenvalue weighted by atomic mass is 16.5. The van der Waals surface area contributed by atoms with Crippen LogP contribution in [0.1, 0.15) is 29.8 Å². The molecule has 0 aromatic heterocycles. The minimum atomic E-state index is -0.944. The van der Waals surface area contributed by atoms with Gasteiger partial charge in [0.05, 0.1) is 0 Å². The van der Waals surface area contributed by atoms with Crippen LogP contribution in [0.25, 0.3) is 0 Å². The van der Waals surface area contributed by atoms with Gasteiger partial charge in [-0.1, -0.05) is 23.8 Å². The number of amides is 2. The second kappa shape index (κ2) is 8.73. The van der Waals surface area contributed by atoms with Gasteiger partial charge in [0, 0.05) is 12.1 Å². The van der Waals surface area contributed by atoms with Crippen LogP contribution in [0.3, 0.4) is 0 Å². The van der Waals surface area contributed by atoms with Gasteiger partial charge in [0.1, 0.15) is 6.04 Å². The molecule has 0 aliphatic carbocycles. The van der Waals surface area contributed by atoms with Gasteiger partial charge in [-0.05, 0) is 32.9 Å². The van der Waals surface area contributed by atoms with Gasteiger partial charge in [-0.15, -0.1) is 6.58 Å². The number of carbonyl (C=O) groups is 3. The molecule has 6 nitrogen and oxygen atoms in total. The Morgan fingerprint density at radius 1 is 1.30 bits per heavy atom. The molecule has 0 aliphatic rings. The summed E-state index contributed by atoms with van der Waals surface area (Å²) in [6.07, 6.45) is 0.581. The number of ether oxygens (including phenoxy) is 1. The van der Waals surface area contributed by atoms with Crippen molar-refractivity contribution in [2.45, 2.75) is 32.9 Å². The van der Waals surface area contributed by atoms with E-state index in [-0.39, 0.29) is 5.91 Å². The first-order chi connectivity index (χ1) is 10.8. The summed E-state index contributed by atoms with van der Waals surface area (Å²) in [6, 6.07) is 6.15. The Labute approximate surface area is 135 Å². The lowest BCUT2D eigenvalue weighted by atomic mass is 10.1. The Balaban J connectivity index is 2.55. The SMILES string of the molecule is C=CCNC(=O)[C@H](C)OC(=O)[C@H](C)NC(=O)c1cccc(C)c1. The van der Waals surface area contributed by atoms with Crippen LogP contribution < -0.4 is 10.6 Å². The quantitative estimate of drug-likeness (QED) is 0.587. The summed E-state index contributed by atoms with van der Waals surface area (Å²) in [6.45, 7) is 8.61. The average molecular weight is 318 g/mol. The smallest absolute Gasteiger partial charge is 0.329 e. The van der Waals surface area contributed by atoms with Crippen molar-refractivity contribution in [3.05, 3.63) is 48.0 Å². The van der Waals surface area contributed by atoms with Gasteiger partial charge >= 0.3 is 5.97 Å². The van der Waals surface area contributed by atoms with Crippen molar-refractivity contribution in [2.24, 2.45) is 0 Å². The van der Waals surface area contributed by atoms with Crippen LogP contribution in [-0.2, 0) is 14.3 Å². The fraction of sp³-hybridized carbons (Fsp3) is 0.353. The summed E-state index contributed by atoms with van der Waals surface area (Å²) in [4.78, 5) is 35.6. The Bertz CT molecular complexity index is 598. The van der Waals surface area contributed by atoms with Gasteiger partial charge in [0.25, 0.3) is 11.8 Å². The highest BCUT2D eigenvalue weighted by molar-refractivity contribution is 5.97. The van der Waals surface area contributed by atoms with E-state index in [9.17, 15) is 14.4 Å². The molecule has 1 aromatic carbocycles. The van der Waals surface area contributed by atoms with Crippen molar-refractivity contribution in [3.8, 4) is 0 Å². The first-order valence-electron chi connectivity index (χ1n) is 7.31. The average Bonchev–Trinajstić information content (AvgIpc) is 2.52. The molecule has 1 aromatic rings. The normalized spacial score (nSPS) is 12.7. The minimum absolute atomic E-state index is 0.292. The van der Waals surface area contributed by atoms with Gasteiger partial charge in [0.15, 0.2) is 6.10 Å². The van der Waals surface area contributed by atoms with Crippen molar-refractivity contribution in [1.82, 2.24) is 10.6 Å². The number of esters is 1. The summed E-state index contributed by atoms with van der Waals surface area (Å²) in [5.74, 6) is -1.47. The second-order valence-electron chi connectivity index (χ2n) is 5.18. The fourth-order valence-corrected chi connectivity index (χ4v) is 1.77. The van der Waals surface area contributed by atoms with Gasteiger partial charge < -0.3 is 15.4 Å². The maximum Gasteiger partial charge on any atom is 0.329 e. The van der Waals surface area contributed by atoms with E-state index in [2.05, 4.69) is 17.2 Å². The molecule has 2 atom stereocenters. The Morgan fingerprint density at radius 2 is 2.00 bits per heavy atom. The van der Waals surface area contributed by atoms with Crippen LogP contribution in [0, 0.1) is 6.92 Å². The van der Waals surface area contributed by atoms with Crippen molar-refractivity contribution >= 4 is 17.8 Å². The molecule has 0 saturated carbocycles. The monoisotopic (exact) mass is 318 g/mol. The number of hydrogen-bond donors (Lipinski definition) is 2. The molecule has 124 valence electrons. The third-order valence-corrected chi connectivity index (χ3v) is 3.06. The number of aryl methyl sites for hydroxylation is 1. The summed E-state index contributed by atoms with van der Waals surface area (Å²) >= 11 is 0. The van der Waals surface area contributed by atoms with E-state index in [1.54, 1.807) is 18.2 Å². The van der Waals surface area contributed by atoms with E-state index >= 15 is 0 Å². The molecular formula is C17H22N2O4. The Kier molecular flexibility index (Phi) is 6.99. The second-order valence-corrected chi connectivity index (χ2v) is 5.18. The van der Waals surface area contributed by atoms with E-state index in [1.165, 1.54) is 19.9 Å². The van der Waals surface area contributed by atoms with E-state index in [0.29, 0.717) is 12.1 Å². The van der Waals surface area contributed by atoms with Crippen LogP contribution in [0.15, 0.2) is 36.9 Å². The van der Waals surface area contributed by atoms with Gasteiger partial charge in [-0.2, -0.15) is 0 Å². The zero-order chi connectivity index (χ0) is 17.4. The van der Waals surface area contributed by atoms with Crippen LogP contribution in [0.4, 0.5) is 0 Å². The predicted octanol–water partition coefficient (Wildman–Crippen LogP) is 1.35. The fourth-order valence-electron chi connectivity index (χ4n) is 1.77. The molecule has 6 heteroatoms. The van der Waals surface area contributed by atoms with E-state index in [1.807, 2.05) is 13.0 Å². The van der Waals surface area contributed by atoms with Crippen LogP contribution >= 0.6 is 0 Å². The molecule has 0 unspecified atom stereocenters. The standard InChI is InChI=1S/C17H22N2O4/c1-5-9-18-15(20)13(4)23-17(22)12(3)19-16(21)14-8-6-7-11(2)10-14/h5-8,10,12-13H,1,9H2,2-4H3,(H,18,20)(H,19,21)/t12-,13-/m0/s1. The maximum absolute atomic E-state index is 12.1. The number of benzene rings is 1. The highest BCUT2D eigenvalue weighted by Gasteiger charge is 2.23. The number of nitrogens with one attached hydrogen (secondary N) is 2. The summed E-state index contributed by atoms with van der Waals surface area (Å²) in [5, 5.41) is 5.08. The molecule has 0 aliphatic heterocycles. The van der Waals surface area contributed by atoms with Gasteiger partial charge in [-0.3, -0.25) is 9.59 Å². The molecule has 0 spiro atoms. The zero-order valence-corrected chi connectivity index (χ0v) is 13.6. The van der Waals surface area contributed by atoms with Crippen LogP contribution in [0.5, 0.6) is 0 Å². The van der Waals surface area contributed by atoms with E-state index in [4.69, 9.17) is 4.74 Å². The Morgan fingerprint density at radius 3 is 2.61 bits per heavy atom. The molecule has 1 rings (SSSR count). The molecular weight excluding hydrogens is 296 g/mol. The topological polar surface area (TPSA) is 84.5 Å². The third-order valence-electron chi connectivity index (χ3n) is 3.06. The summed E-state index contributed by atoms with van der Waals surface area (Å²) in [5.41, 5.74) is 1.40. The lowest BCUT2D eigenvalue weighted by Crippen LogP contribution is -2.43. The Hall–Kier alpha value is -2.63. The molecule has 0 bridgehead atoms. The maximum atomic E-state index is 12.1. The molecule has 0 fully saturated rings. The van der Waals surface area contributed by atoms with Crippen molar-refractivity contribution in [2.75, 3.05) is 6.54 Å². The number of carbonyl (C=O) groups excluding carboxylic acids is 3. The number of hydrogen-bond acceptors (Lipinski definition) is 4. The molecule has 2 N–H and O–H groups in total. The lowest BCUT2D eigenvalue weighted by molar-refractivity contribution is -0.156. The first-order valence-corrected chi connectivity index (χ1v) is 7.31. The lowest BCUT2D eigenvalue weighted by Gasteiger charge is -2.17. The van der Waals surface area contributed by atoms with E-state index in [0.717, 1.165) is 5.56 Å². The van der Waals surface area contributed by atoms with Gasteiger partial charge in [0.2, 0.25) is 0 Å². The van der Waals surface area contributed by atoms with Crippen molar-refractivity contribution in [1.29, 1.82) is 0 Å². The predicted molar refractivity (Wildman–Crippen MR) is 86.9 cm³/mol. The summed E-state index contributed by atoms with van der Waals surface area (Å²) in [7, 11) is 0. The minimum Gasteiger partial charge on any atom is -0.451 e. The number of rotatable bonds is 7. The molecule has 23 heavy (non-hydrogen) atoms. The zero-order valence-electron chi connectivity index (χ0n) is 13.6. The van der Waals surface area contributed by atoms with Gasteiger partial charge in [-0.25, -0.2) is 4.79 Å². The first kappa shape index (κ1) is 18.4. The van der Waals surface area contributed by atoms with Crippen LogP contribution in [-0.4, -0.2) is 36.5 Å². The van der Waals surface area contributed by atoms with E-state index < -0.39 is 24.0 Å². The third kappa shape index (κ3) is 5.94. The molecule has 2 amide bonds. The molecule has 0 saturated heterocycles. The molecule has 0 heterocycles. The highest BCUT2D eigenvalue weighted by Crippen LogP contribution is 2.05. The summed E-state index contributed by atoms with van der Waals surface area (Å²) < 4.78 is 5.03. The largest absolute Gasteiger partial charge is 0.451 e. The van der Waals surface area contributed by atoms with Crippen molar-refractivity contribution < 1.29 is 19.1 Å². The molecule has 0 radical (unpaired) electrons.